The number of fused-ring (bicyclic) bond motifs is 2. The molecule has 4 heterocycles. The van der Waals surface area contributed by atoms with Crippen molar-refractivity contribution in [3.05, 3.63) is 85.5 Å². The Bertz CT molecular complexity index is 1630. The summed E-state index contributed by atoms with van der Waals surface area (Å²) in [6, 6.07) is 16.7. The highest BCUT2D eigenvalue weighted by Crippen LogP contribution is 2.71. The van der Waals surface area contributed by atoms with Crippen molar-refractivity contribution in [2.75, 3.05) is 26.2 Å². The molecule has 0 saturated carbocycles. The Morgan fingerprint density at radius 2 is 1.74 bits per heavy atom. The lowest BCUT2D eigenvalue weighted by molar-refractivity contribution is -0.146. The molecule has 3 aliphatic heterocycles. The lowest BCUT2D eigenvalue weighted by atomic mass is 9.66. The van der Waals surface area contributed by atoms with Crippen molar-refractivity contribution in [2.24, 2.45) is 11.8 Å². The quantitative estimate of drug-likeness (QED) is 0.210. The monoisotopic (exact) mass is 642 g/mol. The summed E-state index contributed by atoms with van der Waals surface area (Å²) in [4.78, 5) is 49.2. The van der Waals surface area contributed by atoms with Crippen LogP contribution in [0.3, 0.4) is 0 Å². The van der Waals surface area contributed by atoms with Crippen LogP contribution in [0.5, 0.6) is 0 Å². The zero-order chi connectivity index (χ0) is 32.5. The maximum Gasteiger partial charge on any atom is 0.248 e. The van der Waals surface area contributed by atoms with Crippen LogP contribution in [0.2, 0.25) is 0 Å². The van der Waals surface area contributed by atoms with Gasteiger partial charge in [-0.1, -0.05) is 59.8 Å². The zero-order valence-electron chi connectivity index (χ0n) is 26.3. The number of aromatic nitrogens is 3. The number of unbranched alkanes of at least 4 members (excludes halogenated alkanes) is 1. The van der Waals surface area contributed by atoms with Crippen LogP contribution in [0, 0.1) is 11.8 Å². The number of aliphatic hydroxyl groups is 1. The van der Waals surface area contributed by atoms with Crippen LogP contribution in [-0.2, 0) is 27.6 Å². The van der Waals surface area contributed by atoms with E-state index < -0.39 is 27.4 Å². The summed E-state index contributed by atoms with van der Waals surface area (Å²) >= 11 is 1.67. The maximum atomic E-state index is 14.8. The molecule has 1 spiro atoms. The standard InChI is InChI=1S/C35H42N6O4S/c1-4-19-38(23-25-13-7-6-8-14-25)31(43)28-29-32(44)40(21-11-12-22-42)30(35(29)18-17-34(28,3)46-35)33(45)39(20-5-2)24-41-27-16-10-9-15-26(27)36-37-41/h4-10,13-16,28-30,42H,1-2,11-12,17-24H2,3H3/t28-,29-,30?,34+,35?/m0/s1. The number of rotatable bonds is 14. The second kappa shape index (κ2) is 13.0. The number of para-hydroxylation sites is 1. The van der Waals surface area contributed by atoms with Crippen LogP contribution in [0.25, 0.3) is 11.0 Å². The molecule has 46 heavy (non-hydrogen) atoms. The SMILES string of the molecule is C=CCN(Cn1nnc2ccccc21)C(=O)C1N(CCCCO)C(=O)[C@@H]2[C@@H](C(=O)N(CC=C)Cc3ccccc3)[C@@]3(C)CCC12S3. The van der Waals surface area contributed by atoms with Gasteiger partial charge < -0.3 is 19.8 Å². The summed E-state index contributed by atoms with van der Waals surface area (Å²) < 4.78 is 0.454. The topological polar surface area (TPSA) is 112 Å². The normalized spacial score (nSPS) is 26.3. The van der Waals surface area contributed by atoms with Gasteiger partial charge in [-0.25, -0.2) is 4.68 Å². The Labute approximate surface area is 274 Å². The zero-order valence-corrected chi connectivity index (χ0v) is 27.1. The summed E-state index contributed by atoms with van der Waals surface area (Å²) in [5.41, 5.74) is 2.54. The first-order valence-electron chi connectivity index (χ1n) is 16.0. The second-order valence-corrected chi connectivity index (χ2v) is 14.6. The van der Waals surface area contributed by atoms with Crippen molar-refractivity contribution in [1.82, 2.24) is 29.7 Å². The van der Waals surface area contributed by atoms with Crippen molar-refractivity contribution in [2.45, 2.75) is 61.4 Å². The molecule has 10 nitrogen and oxygen atoms in total. The fourth-order valence-corrected chi connectivity index (χ4v) is 10.2. The molecule has 2 aromatic carbocycles. The van der Waals surface area contributed by atoms with Gasteiger partial charge in [0.1, 0.15) is 18.2 Å². The van der Waals surface area contributed by atoms with Gasteiger partial charge in [-0.3, -0.25) is 14.4 Å². The van der Waals surface area contributed by atoms with E-state index in [0.717, 1.165) is 23.0 Å². The highest BCUT2D eigenvalue weighted by Gasteiger charge is 2.77. The summed E-state index contributed by atoms with van der Waals surface area (Å²) in [5.74, 6) is -1.61. The highest BCUT2D eigenvalue weighted by molar-refractivity contribution is 8.02. The predicted molar refractivity (Wildman–Crippen MR) is 178 cm³/mol. The first kappa shape index (κ1) is 32.0. The van der Waals surface area contributed by atoms with Crippen molar-refractivity contribution < 1.29 is 19.5 Å². The average Bonchev–Trinajstić information content (AvgIpc) is 3.76. The molecule has 3 amide bonds. The fraction of sp³-hybridized carbons (Fsp3) is 0.457. The molecule has 3 saturated heterocycles. The molecular weight excluding hydrogens is 600 g/mol. The molecule has 3 fully saturated rings. The molecule has 6 rings (SSSR count). The number of likely N-dealkylation sites (tertiary alicyclic amines) is 1. The number of carbonyl (C=O) groups excluding carboxylic acids is 3. The van der Waals surface area contributed by atoms with Gasteiger partial charge in [0.2, 0.25) is 17.7 Å². The second-order valence-electron chi connectivity index (χ2n) is 12.8. The van der Waals surface area contributed by atoms with Gasteiger partial charge in [-0.05, 0) is 50.3 Å². The summed E-state index contributed by atoms with van der Waals surface area (Å²) in [7, 11) is 0. The third-order valence-electron chi connectivity index (χ3n) is 9.85. The van der Waals surface area contributed by atoms with Crippen molar-refractivity contribution in [1.29, 1.82) is 0 Å². The largest absolute Gasteiger partial charge is 0.396 e. The first-order chi connectivity index (χ1) is 22.3. The molecule has 5 atom stereocenters. The van der Waals surface area contributed by atoms with Crippen molar-refractivity contribution in [3.8, 4) is 0 Å². The Balaban J connectivity index is 1.36. The predicted octanol–water partition coefficient (Wildman–Crippen LogP) is 3.87. The van der Waals surface area contributed by atoms with E-state index >= 15 is 0 Å². The Morgan fingerprint density at radius 1 is 1.02 bits per heavy atom. The van der Waals surface area contributed by atoms with E-state index in [1.54, 1.807) is 43.3 Å². The molecule has 0 aliphatic carbocycles. The molecular formula is C35H42N6O4S. The van der Waals surface area contributed by atoms with E-state index in [-0.39, 0.29) is 37.5 Å². The van der Waals surface area contributed by atoms with Gasteiger partial charge in [0.05, 0.1) is 22.1 Å². The van der Waals surface area contributed by atoms with E-state index in [4.69, 9.17) is 0 Å². The van der Waals surface area contributed by atoms with E-state index in [2.05, 4.69) is 30.4 Å². The average molecular weight is 643 g/mol. The van der Waals surface area contributed by atoms with Gasteiger partial charge in [-0.15, -0.1) is 30.0 Å². The number of amides is 3. The van der Waals surface area contributed by atoms with Crippen molar-refractivity contribution >= 4 is 40.5 Å². The minimum Gasteiger partial charge on any atom is -0.396 e. The summed E-state index contributed by atoms with van der Waals surface area (Å²) in [5, 5.41) is 18.1. The Hall–Kier alpha value is -3.96. The highest BCUT2D eigenvalue weighted by atomic mass is 32.2. The van der Waals surface area contributed by atoms with Crippen molar-refractivity contribution in [3.63, 3.8) is 0 Å². The van der Waals surface area contributed by atoms with E-state index in [9.17, 15) is 19.5 Å². The number of aliphatic hydroxyl groups excluding tert-OH is 1. The number of hydrogen-bond acceptors (Lipinski definition) is 7. The van der Waals surface area contributed by atoms with Crippen LogP contribution < -0.4 is 0 Å². The molecule has 2 unspecified atom stereocenters. The van der Waals surface area contributed by atoms with Crippen LogP contribution in [0.1, 0.15) is 38.2 Å². The number of thioether (sulfide) groups is 1. The van der Waals surface area contributed by atoms with Gasteiger partial charge >= 0.3 is 0 Å². The molecule has 1 N–H and O–H groups in total. The van der Waals surface area contributed by atoms with Crippen LogP contribution in [0.15, 0.2) is 79.9 Å². The fourth-order valence-electron chi connectivity index (χ4n) is 7.83. The lowest BCUT2D eigenvalue weighted by Crippen LogP contribution is -2.55. The van der Waals surface area contributed by atoms with Gasteiger partial charge in [0, 0.05) is 37.5 Å². The van der Waals surface area contributed by atoms with E-state index in [1.807, 2.05) is 54.6 Å². The van der Waals surface area contributed by atoms with Crippen LogP contribution >= 0.6 is 11.8 Å². The number of carbonyl (C=O) groups is 3. The smallest absolute Gasteiger partial charge is 0.248 e. The van der Waals surface area contributed by atoms with Crippen LogP contribution in [-0.4, -0.2) is 94.3 Å². The minimum atomic E-state index is -0.759. The van der Waals surface area contributed by atoms with Gasteiger partial charge in [0.15, 0.2) is 0 Å². The molecule has 3 aromatic rings. The molecule has 1 aromatic heterocycles. The van der Waals surface area contributed by atoms with E-state index in [0.29, 0.717) is 38.9 Å². The Morgan fingerprint density at radius 3 is 2.48 bits per heavy atom. The lowest BCUT2D eigenvalue weighted by Gasteiger charge is -2.38. The van der Waals surface area contributed by atoms with Gasteiger partial charge in [0.25, 0.3) is 0 Å². The maximum absolute atomic E-state index is 14.8. The molecule has 2 bridgehead atoms. The minimum absolute atomic E-state index is 0.00110. The third-order valence-corrected chi connectivity index (χ3v) is 11.8. The molecule has 11 heteroatoms. The molecule has 0 radical (unpaired) electrons. The summed E-state index contributed by atoms with van der Waals surface area (Å²) in [6.45, 7) is 11.4. The number of nitrogens with zero attached hydrogens (tertiary/aromatic N) is 6. The molecule has 242 valence electrons. The third kappa shape index (κ3) is 5.43. The Kier molecular flexibility index (Phi) is 9.07. The number of hydrogen-bond donors (Lipinski definition) is 1. The first-order valence-corrected chi connectivity index (χ1v) is 16.8. The van der Waals surface area contributed by atoms with Gasteiger partial charge in [-0.2, -0.15) is 0 Å². The van der Waals surface area contributed by atoms with Crippen LogP contribution in [0.4, 0.5) is 0 Å². The summed E-state index contributed by atoms with van der Waals surface area (Å²) in [6.07, 6.45) is 5.87. The molecule has 3 aliphatic rings. The number of benzene rings is 2. The van der Waals surface area contributed by atoms with E-state index in [1.165, 1.54) is 0 Å².